The Balaban J connectivity index is 3.07. The summed E-state index contributed by atoms with van der Waals surface area (Å²) >= 11 is 13.8. The fraction of sp³-hybridized carbons (Fsp3) is 0. The summed E-state index contributed by atoms with van der Waals surface area (Å²) in [6.45, 7) is 0. The normalized spacial score (nSPS) is 9.10. The van der Waals surface area contributed by atoms with Crippen LogP contribution >= 0.6 is 42.1 Å². The molecule has 0 amide bonds. The molecule has 1 rings (SSSR count). The molecule has 4 heteroatoms. The highest BCUT2D eigenvalue weighted by Gasteiger charge is 2.00. The molecule has 0 aromatic heterocycles. The molecule has 0 saturated carbocycles. The molecule has 10 heavy (non-hydrogen) atoms. The van der Waals surface area contributed by atoms with Crippen LogP contribution in [0.3, 0.4) is 0 Å². The molecule has 0 radical (unpaired) electrons. The van der Waals surface area contributed by atoms with Gasteiger partial charge in [-0.3, -0.25) is 18.9 Å². The second-order valence-corrected chi connectivity index (χ2v) is 6.03. The molecular weight excluding hydrogens is 294 g/mol. The van der Waals surface area contributed by atoms with Gasteiger partial charge in [0.25, 0.3) is 0 Å². The zero-order valence-electron chi connectivity index (χ0n) is 5.07. The third-order valence-electron chi connectivity index (χ3n) is 1.16. The van der Waals surface area contributed by atoms with Crippen LogP contribution in [0.4, 0.5) is 0 Å². The molecule has 0 saturated heterocycles. The van der Waals surface area contributed by atoms with Gasteiger partial charge in [0, 0.05) is 10.0 Å². The molecule has 0 fully saturated rings. The lowest BCUT2D eigenvalue weighted by Gasteiger charge is -1.98. The molecule has 0 heterocycles. The van der Waals surface area contributed by atoms with Crippen LogP contribution in [-0.4, -0.2) is 16.5 Å². The maximum atomic E-state index is 5.88. The number of hydrogen-bond acceptors (Lipinski definition) is 0. The number of rotatable bonds is 1. The first-order valence-electron chi connectivity index (χ1n) is 2.74. The molecular formula is C6H3Cl2IMg. The van der Waals surface area contributed by atoms with Crippen molar-refractivity contribution in [3.05, 3.63) is 28.2 Å². The van der Waals surface area contributed by atoms with Crippen molar-refractivity contribution in [1.82, 2.24) is 0 Å². The Morgan fingerprint density at radius 3 is 2.50 bits per heavy atom. The van der Waals surface area contributed by atoms with Gasteiger partial charge in [0.15, 0.2) is 0 Å². The minimum atomic E-state index is -0.174. The van der Waals surface area contributed by atoms with E-state index in [0.29, 0.717) is 5.02 Å². The monoisotopic (exact) mass is 296 g/mol. The van der Waals surface area contributed by atoms with Gasteiger partial charge in [0.2, 0.25) is 0 Å². The van der Waals surface area contributed by atoms with E-state index in [0.717, 1.165) is 5.02 Å². The van der Waals surface area contributed by atoms with Crippen molar-refractivity contribution >= 4 is 62.2 Å². The Hall–Kier alpha value is 1.30. The van der Waals surface area contributed by atoms with Gasteiger partial charge in [-0.1, -0.05) is 29.3 Å². The Morgan fingerprint density at radius 2 is 2.00 bits per heavy atom. The average molecular weight is 297 g/mol. The zero-order valence-corrected chi connectivity index (χ0v) is 10.2. The van der Waals surface area contributed by atoms with Crippen molar-refractivity contribution < 1.29 is 0 Å². The first-order valence-corrected chi connectivity index (χ1v) is 9.31. The molecule has 0 atom stereocenters. The molecule has 0 nitrogen and oxygen atoms in total. The molecule has 0 spiro atoms. The van der Waals surface area contributed by atoms with Gasteiger partial charge in [-0.15, -0.1) is 3.69 Å². The van der Waals surface area contributed by atoms with E-state index in [2.05, 4.69) is 18.9 Å². The molecule has 0 unspecified atom stereocenters. The highest BCUT2D eigenvalue weighted by molar-refractivity contribution is 14.1. The minimum absolute atomic E-state index is 0.174. The molecule has 1 aromatic carbocycles. The minimum Gasteiger partial charge on any atom is -0.291 e. The quantitative estimate of drug-likeness (QED) is 0.552. The summed E-state index contributed by atoms with van der Waals surface area (Å²) in [5.74, 6) is 0. The average Bonchev–Trinajstić information content (AvgIpc) is 1.88. The largest absolute Gasteiger partial charge is 0.504 e. The Kier molecular flexibility index (Phi) is 4.09. The smallest absolute Gasteiger partial charge is 0.291 e. The SMILES string of the molecule is Clc1cc[c]([Mg][I])c(Cl)c1. The molecule has 0 aliphatic rings. The summed E-state index contributed by atoms with van der Waals surface area (Å²) in [6, 6.07) is 5.68. The van der Waals surface area contributed by atoms with Gasteiger partial charge >= 0.3 is 16.5 Å². The van der Waals surface area contributed by atoms with E-state index in [1.165, 1.54) is 3.69 Å². The second kappa shape index (κ2) is 4.35. The highest BCUT2D eigenvalue weighted by Crippen LogP contribution is 2.13. The number of benzene rings is 1. The third-order valence-corrected chi connectivity index (χ3v) is 5.34. The number of halogens is 3. The van der Waals surface area contributed by atoms with Crippen molar-refractivity contribution in [2.75, 3.05) is 0 Å². The topological polar surface area (TPSA) is 0 Å². The maximum absolute atomic E-state index is 5.88. The van der Waals surface area contributed by atoms with Crippen molar-refractivity contribution in [1.29, 1.82) is 0 Å². The molecule has 0 aliphatic heterocycles. The predicted molar refractivity (Wildman–Crippen MR) is 55.9 cm³/mol. The van der Waals surface area contributed by atoms with Crippen LogP contribution in [0.25, 0.3) is 0 Å². The van der Waals surface area contributed by atoms with E-state index in [-0.39, 0.29) is 16.5 Å². The predicted octanol–water partition coefficient (Wildman–Crippen LogP) is 2.67. The molecule has 0 aliphatic carbocycles. The summed E-state index contributed by atoms with van der Waals surface area (Å²) in [6.07, 6.45) is 0. The molecule has 0 bridgehead atoms. The summed E-state index contributed by atoms with van der Waals surface area (Å²) in [5, 5.41) is 1.53. The lowest BCUT2D eigenvalue weighted by molar-refractivity contribution is 1.76. The Labute approximate surface area is 89.4 Å². The fourth-order valence-corrected chi connectivity index (χ4v) is 4.35. The van der Waals surface area contributed by atoms with Crippen molar-refractivity contribution in [3.8, 4) is 0 Å². The van der Waals surface area contributed by atoms with Crippen LogP contribution < -0.4 is 3.69 Å². The Morgan fingerprint density at radius 1 is 1.30 bits per heavy atom. The van der Waals surface area contributed by atoms with Crippen LogP contribution in [-0.2, 0) is 0 Å². The highest BCUT2D eigenvalue weighted by atomic mass is 127. The maximum Gasteiger partial charge on any atom is 0.504 e. The van der Waals surface area contributed by atoms with Gasteiger partial charge in [0.05, 0.1) is 0 Å². The van der Waals surface area contributed by atoms with E-state index in [4.69, 9.17) is 23.2 Å². The summed E-state index contributed by atoms with van der Waals surface area (Å²) in [7, 11) is 0. The van der Waals surface area contributed by atoms with Gasteiger partial charge in [0.1, 0.15) is 0 Å². The van der Waals surface area contributed by atoms with E-state index in [1.807, 2.05) is 12.1 Å². The van der Waals surface area contributed by atoms with E-state index in [1.54, 1.807) is 6.07 Å². The van der Waals surface area contributed by atoms with Gasteiger partial charge in [-0.25, -0.2) is 0 Å². The fourth-order valence-electron chi connectivity index (χ4n) is 0.630. The van der Waals surface area contributed by atoms with Crippen LogP contribution in [0.5, 0.6) is 0 Å². The summed E-state index contributed by atoms with van der Waals surface area (Å²) < 4.78 is 1.27. The zero-order chi connectivity index (χ0) is 7.56. The lowest BCUT2D eigenvalue weighted by Crippen LogP contribution is -2.08. The first-order chi connectivity index (χ1) is 4.74. The van der Waals surface area contributed by atoms with E-state index < -0.39 is 0 Å². The first kappa shape index (κ1) is 9.38. The molecule has 50 valence electrons. The van der Waals surface area contributed by atoms with Gasteiger partial charge < -0.3 is 0 Å². The standard InChI is InChI=1S/C6H3Cl2.HI.Mg/c7-5-2-1-3-6(8)4-5;;/h1-2,4H;1H;/q;;+1/p-1. The van der Waals surface area contributed by atoms with E-state index in [9.17, 15) is 0 Å². The van der Waals surface area contributed by atoms with Crippen LogP contribution in [0, 0.1) is 0 Å². The Bertz CT molecular complexity index is 239. The van der Waals surface area contributed by atoms with Crippen molar-refractivity contribution in [3.63, 3.8) is 0 Å². The van der Waals surface area contributed by atoms with Crippen LogP contribution in [0.2, 0.25) is 10.0 Å². The number of hydrogen-bond donors (Lipinski definition) is 0. The van der Waals surface area contributed by atoms with Crippen molar-refractivity contribution in [2.45, 2.75) is 0 Å². The van der Waals surface area contributed by atoms with Crippen LogP contribution in [0.1, 0.15) is 0 Å². The lowest BCUT2D eigenvalue weighted by atomic mass is 10.4. The molecule has 1 aromatic rings. The summed E-state index contributed by atoms with van der Waals surface area (Å²) in [4.78, 5) is 0. The van der Waals surface area contributed by atoms with Gasteiger partial charge in [-0.2, -0.15) is 0 Å². The van der Waals surface area contributed by atoms with Gasteiger partial charge in [-0.05, 0) is 12.1 Å². The summed E-state index contributed by atoms with van der Waals surface area (Å²) in [5.41, 5.74) is 0. The third kappa shape index (κ3) is 2.41. The van der Waals surface area contributed by atoms with Crippen LogP contribution in [0.15, 0.2) is 18.2 Å². The van der Waals surface area contributed by atoms with E-state index >= 15 is 0 Å². The second-order valence-electron chi connectivity index (χ2n) is 1.87. The van der Waals surface area contributed by atoms with Crippen molar-refractivity contribution in [2.24, 2.45) is 0 Å². The molecule has 0 N–H and O–H groups in total.